The Balaban J connectivity index is 2.66. The molecule has 0 spiro atoms. The zero-order valence-electron chi connectivity index (χ0n) is 10.2. The molecule has 0 heterocycles. The second kappa shape index (κ2) is 5.34. The highest BCUT2D eigenvalue weighted by Crippen LogP contribution is 2.05. The van der Waals surface area contributed by atoms with Crippen LogP contribution in [-0.4, -0.2) is 36.9 Å². The van der Waals surface area contributed by atoms with Crippen molar-refractivity contribution in [3.8, 4) is 0 Å². The Bertz CT molecular complexity index is 412. The molecule has 0 saturated heterocycles. The van der Waals surface area contributed by atoms with Crippen LogP contribution in [0, 0.1) is 0 Å². The average Bonchev–Trinajstić information content (AvgIpc) is 2.28. The predicted molar refractivity (Wildman–Crippen MR) is 66.5 cm³/mol. The molecule has 1 unspecified atom stereocenters. The van der Waals surface area contributed by atoms with E-state index in [0.29, 0.717) is 11.3 Å². The third kappa shape index (κ3) is 3.48. The van der Waals surface area contributed by atoms with E-state index in [9.17, 15) is 9.59 Å². The average molecular weight is 235 g/mol. The Hall–Kier alpha value is -2.04. The lowest BCUT2D eigenvalue weighted by Crippen LogP contribution is -2.44. The number of rotatable bonds is 3. The number of carbonyl (C=O) groups is 2. The van der Waals surface area contributed by atoms with Gasteiger partial charge in [0, 0.05) is 25.3 Å². The number of carbonyl (C=O) groups excluding carboxylic acids is 2. The van der Waals surface area contributed by atoms with Crippen LogP contribution in [0.5, 0.6) is 0 Å². The van der Waals surface area contributed by atoms with E-state index in [1.54, 1.807) is 45.3 Å². The van der Waals surface area contributed by atoms with E-state index in [0.717, 1.165) is 0 Å². The van der Waals surface area contributed by atoms with Gasteiger partial charge in [0.1, 0.15) is 6.04 Å². The summed E-state index contributed by atoms with van der Waals surface area (Å²) in [5.41, 5.74) is 6.60. The van der Waals surface area contributed by atoms with Crippen LogP contribution in [0.25, 0.3) is 0 Å². The lowest BCUT2D eigenvalue weighted by atomic mass is 10.2. The topological polar surface area (TPSA) is 75.4 Å². The highest BCUT2D eigenvalue weighted by atomic mass is 16.2. The number of anilines is 1. The quantitative estimate of drug-likeness (QED) is 0.748. The Morgan fingerprint density at radius 2 is 1.76 bits per heavy atom. The number of amides is 2. The Kier molecular flexibility index (Phi) is 4.09. The van der Waals surface area contributed by atoms with Crippen LogP contribution in [-0.2, 0) is 4.79 Å². The van der Waals surface area contributed by atoms with Gasteiger partial charge in [0.25, 0.3) is 5.91 Å². The zero-order valence-corrected chi connectivity index (χ0v) is 10.2. The fourth-order valence-corrected chi connectivity index (χ4v) is 1.36. The highest BCUT2D eigenvalue weighted by molar-refractivity contribution is 5.97. The number of nitrogens with one attached hydrogen (secondary N) is 1. The summed E-state index contributed by atoms with van der Waals surface area (Å²) in [6, 6.07) is 5.99. The van der Waals surface area contributed by atoms with Gasteiger partial charge in [-0.3, -0.25) is 9.59 Å². The van der Waals surface area contributed by atoms with Crippen LogP contribution in [0.15, 0.2) is 24.3 Å². The molecule has 0 aliphatic carbocycles. The molecule has 1 atom stereocenters. The van der Waals surface area contributed by atoms with Crippen molar-refractivity contribution in [2.24, 2.45) is 0 Å². The number of nitrogens with zero attached hydrogens (tertiary/aromatic N) is 1. The van der Waals surface area contributed by atoms with E-state index in [1.807, 2.05) is 0 Å². The van der Waals surface area contributed by atoms with Gasteiger partial charge < -0.3 is 16.0 Å². The molecule has 0 saturated carbocycles. The van der Waals surface area contributed by atoms with Gasteiger partial charge in [-0.05, 0) is 31.2 Å². The molecule has 0 aliphatic rings. The molecule has 1 aromatic rings. The van der Waals surface area contributed by atoms with Gasteiger partial charge in [-0.25, -0.2) is 0 Å². The standard InChI is InChI=1S/C12H17N3O2/c1-8(12(17)15(2)3)14-11(16)9-4-6-10(13)7-5-9/h4-8H,13H2,1-3H3,(H,14,16). The van der Waals surface area contributed by atoms with Crippen LogP contribution in [0.2, 0.25) is 0 Å². The molecule has 0 aromatic heterocycles. The molecule has 5 nitrogen and oxygen atoms in total. The van der Waals surface area contributed by atoms with Crippen LogP contribution in [0.3, 0.4) is 0 Å². The molecule has 92 valence electrons. The predicted octanol–water partition coefficient (Wildman–Crippen LogP) is 0.475. The lowest BCUT2D eigenvalue weighted by Gasteiger charge is -2.17. The molecule has 0 fully saturated rings. The maximum absolute atomic E-state index is 11.8. The third-order valence-corrected chi connectivity index (χ3v) is 2.33. The molecule has 1 rings (SSSR count). The SMILES string of the molecule is CC(NC(=O)c1ccc(N)cc1)C(=O)N(C)C. The normalized spacial score (nSPS) is 11.7. The summed E-state index contributed by atoms with van der Waals surface area (Å²) >= 11 is 0. The number of nitrogen functional groups attached to an aromatic ring is 1. The summed E-state index contributed by atoms with van der Waals surface area (Å²) in [7, 11) is 3.29. The third-order valence-electron chi connectivity index (χ3n) is 2.33. The van der Waals surface area contributed by atoms with E-state index < -0.39 is 6.04 Å². The van der Waals surface area contributed by atoms with Gasteiger partial charge >= 0.3 is 0 Å². The number of benzene rings is 1. The molecule has 5 heteroatoms. The van der Waals surface area contributed by atoms with Crippen molar-refractivity contribution < 1.29 is 9.59 Å². The molecule has 1 aromatic carbocycles. The number of hydrogen-bond acceptors (Lipinski definition) is 3. The largest absolute Gasteiger partial charge is 0.399 e. The van der Waals surface area contributed by atoms with E-state index in [4.69, 9.17) is 5.73 Å². The molecule has 17 heavy (non-hydrogen) atoms. The lowest BCUT2D eigenvalue weighted by molar-refractivity contribution is -0.130. The summed E-state index contributed by atoms with van der Waals surface area (Å²) in [5.74, 6) is -0.429. The molecule has 2 amide bonds. The minimum atomic E-state index is -0.546. The summed E-state index contributed by atoms with van der Waals surface area (Å²) in [6.45, 7) is 1.65. The number of hydrogen-bond donors (Lipinski definition) is 2. The summed E-state index contributed by atoms with van der Waals surface area (Å²) < 4.78 is 0. The molecule has 0 bridgehead atoms. The first-order chi connectivity index (χ1) is 7.91. The first kappa shape index (κ1) is 13.0. The fourth-order valence-electron chi connectivity index (χ4n) is 1.36. The number of likely N-dealkylation sites (N-methyl/N-ethyl adjacent to an activating group) is 1. The van der Waals surface area contributed by atoms with E-state index in [-0.39, 0.29) is 11.8 Å². The van der Waals surface area contributed by atoms with Gasteiger partial charge in [-0.1, -0.05) is 0 Å². The van der Waals surface area contributed by atoms with Gasteiger partial charge in [0.2, 0.25) is 5.91 Å². The molecular formula is C12H17N3O2. The van der Waals surface area contributed by atoms with Gasteiger partial charge in [-0.15, -0.1) is 0 Å². The van der Waals surface area contributed by atoms with Crippen molar-refractivity contribution in [3.05, 3.63) is 29.8 Å². The van der Waals surface area contributed by atoms with Crippen molar-refractivity contribution >= 4 is 17.5 Å². The van der Waals surface area contributed by atoms with E-state index in [2.05, 4.69) is 5.32 Å². The van der Waals surface area contributed by atoms with Crippen molar-refractivity contribution in [2.45, 2.75) is 13.0 Å². The zero-order chi connectivity index (χ0) is 13.0. The number of nitrogens with two attached hydrogens (primary N) is 1. The first-order valence-electron chi connectivity index (χ1n) is 5.29. The summed E-state index contributed by atoms with van der Waals surface area (Å²) in [4.78, 5) is 24.8. The van der Waals surface area contributed by atoms with Gasteiger partial charge in [0.15, 0.2) is 0 Å². The van der Waals surface area contributed by atoms with E-state index in [1.165, 1.54) is 4.90 Å². The first-order valence-corrected chi connectivity index (χ1v) is 5.29. The fraction of sp³-hybridized carbons (Fsp3) is 0.333. The second-order valence-corrected chi connectivity index (χ2v) is 4.05. The Morgan fingerprint density at radius 3 is 2.24 bits per heavy atom. The summed E-state index contributed by atoms with van der Waals surface area (Å²) in [5, 5.41) is 2.63. The van der Waals surface area contributed by atoms with Crippen LogP contribution < -0.4 is 11.1 Å². The molecule has 0 aliphatic heterocycles. The van der Waals surface area contributed by atoms with Crippen LogP contribution in [0.4, 0.5) is 5.69 Å². The maximum atomic E-state index is 11.8. The maximum Gasteiger partial charge on any atom is 0.251 e. The van der Waals surface area contributed by atoms with Crippen LogP contribution >= 0.6 is 0 Å². The molecular weight excluding hydrogens is 218 g/mol. The molecule has 0 radical (unpaired) electrons. The van der Waals surface area contributed by atoms with Crippen LogP contribution in [0.1, 0.15) is 17.3 Å². The second-order valence-electron chi connectivity index (χ2n) is 4.05. The Labute approximate surface area is 101 Å². The highest BCUT2D eigenvalue weighted by Gasteiger charge is 2.17. The van der Waals surface area contributed by atoms with Crippen molar-refractivity contribution in [1.82, 2.24) is 10.2 Å². The monoisotopic (exact) mass is 235 g/mol. The molecule has 3 N–H and O–H groups in total. The van der Waals surface area contributed by atoms with Gasteiger partial charge in [-0.2, -0.15) is 0 Å². The van der Waals surface area contributed by atoms with Gasteiger partial charge in [0.05, 0.1) is 0 Å². The Morgan fingerprint density at radius 1 is 1.24 bits per heavy atom. The van der Waals surface area contributed by atoms with E-state index >= 15 is 0 Å². The van der Waals surface area contributed by atoms with Crippen molar-refractivity contribution in [3.63, 3.8) is 0 Å². The van der Waals surface area contributed by atoms with Crippen molar-refractivity contribution in [2.75, 3.05) is 19.8 Å². The summed E-state index contributed by atoms with van der Waals surface area (Å²) in [6.07, 6.45) is 0. The van der Waals surface area contributed by atoms with Crippen molar-refractivity contribution in [1.29, 1.82) is 0 Å². The minimum Gasteiger partial charge on any atom is -0.399 e. The minimum absolute atomic E-state index is 0.145. The smallest absolute Gasteiger partial charge is 0.251 e.